The van der Waals surface area contributed by atoms with Gasteiger partial charge in [-0.15, -0.1) is 0 Å². The fraction of sp³-hybridized carbons (Fsp3) is 0.850. The van der Waals surface area contributed by atoms with Crippen LogP contribution in [0.1, 0.15) is 59.8 Å². The Labute approximate surface area is 144 Å². The van der Waals surface area contributed by atoms with Crippen LogP contribution in [0.15, 0.2) is 11.6 Å². The maximum atomic E-state index is 11.8. The highest BCUT2D eigenvalue weighted by Gasteiger charge is 2.64. The van der Waals surface area contributed by atoms with Crippen LogP contribution in [0.2, 0.25) is 0 Å². The van der Waals surface area contributed by atoms with Gasteiger partial charge in [0.1, 0.15) is 0 Å². The summed E-state index contributed by atoms with van der Waals surface area (Å²) >= 11 is 0. The van der Waals surface area contributed by atoms with Gasteiger partial charge < -0.3 is 14.9 Å². The van der Waals surface area contributed by atoms with Crippen LogP contribution in [-0.2, 0) is 9.53 Å². The highest BCUT2D eigenvalue weighted by Crippen LogP contribution is 2.66. The summed E-state index contributed by atoms with van der Waals surface area (Å²) in [5, 5.41) is 22.0. The number of aliphatic hydroxyl groups is 2. The molecule has 0 bridgehead atoms. The van der Waals surface area contributed by atoms with Gasteiger partial charge in [-0.25, -0.2) is 4.79 Å². The second kappa shape index (κ2) is 4.85. The molecule has 0 spiro atoms. The summed E-state index contributed by atoms with van der Waals surface area (Å²) < 4.78 is 5.33. The summed E-state index contributed by atoms with van der Waals surface area (Å²) in [6.45, 7) is 8.98. The van der Waals surface area contributed by atoms with Crippen LogP contribution in [0.4, 0.5) is 0 Å². The number of aliphatic hydroxyl groups excluding tert-OH is 1. The van der Waals surface area contributed by atoms with Crippen molar-refractivity contribution in [2.24, 2.45) is 34.5 Å². The fourth-order valence-electron chi connectivity index (χ4n) is 6.94. The molecule has 24 heavy (non-hydrogen) atoms. The minimum atomic E-state index is -1.45. The average Bonchev–Trinajstić information content (AvgIpc) is 2.79. The molecule has 0 amide bonds. The first-order chi connectivity index (χ1) is 11.1. The third-order valence-corrected chi connectivity index (χ3v) is 8.20. The van der Waals surface area contributed by atoms with Gasteiger partial charge in [-0.1, -0.05) is 27.7 Å². The summed E-state index contributed by atoms with van der Waals surface area (Å²) in [7, 11) is 0. The third kappa shape index (κ3) is 1.96. The predicted molar refractivity (Wildman–Crippen MR) is 89.7 cm³/mol. The highest BCUT2D eigenvalue weighted by molar-refractivity contribution is 5.86. The van der Waals surface area contributed by atoms with Gasteiger partial charge in [0.05, 0.1) is 6.10 Å². The highest BCUT2D eigenvalue weighted by atomic mass is 16.7. The van der Waals surface area contributed by atoms with Gasteiger partial charge >= 0.3 is 5.97 Å². The van der Waals surface area contributed by atoms with E-state index in [2.05, 4.69) is 27.7 Å². The molecule has 0 saturated heterocycles. The Balaban J connectivity index is 1.77. The van der Waals surface area contributed by atoms with E-state index in [0.29, 0.717) is 18.3 Å². The predicted octanol–water partition coefficient (Wildman–Crippen LogP) is 3.03. The molecule has 7 atom stereocenters. The maximum absolute atomic E-state index is 11.8. The van der Waals surface area contributed by atoms with Crippen LogP contribution >= 0.6 is 0 Å². The van der Waals surface area contributed by atoms with E-state index in [9.17, 15) is 15.0 Å². The number of fused-ring (bicyclic) bond motifs is 4. The van der Waals surface area contributed by atoms with E-state index < -0.39 is 11.8 Å². The molecular weight excluding hydrogens is 304 g/mol. The molecular formula is C20H30O4. The van der Waals surface area contributed by atoms with Gasteiger partial charge in [-0.05, 0) is 54.8 Å². The standard InChI is InChI=1S/C20H30O4/c1-11-12-5-6-15-18(2,3)8-7-16(21)19(15,4)14(12)10-20(23)13(11)9-17(22)24-20/h9,11-12,14-16,21,23H,5-8,10H2,1-4H3/t11-,12+,14+,15+,16+,19-,20+/m0/s1. The van der Waals surface area contributed by atoms with Crippen LogP contribution in [0, 0.1) is 34.5 Å². The molecule has 2 N–H and O–H groups in total. The van der Waals surface area contributed by atoms with Crippen molar-refractivity contribution in [3.05, 3.63) is 11.6 Å². The second-order valence-electron chi connectivity index (χ2n) is 9.61. The van der Waals surface area contributed by atoms with Gasteiger partial charge in [0.15, 0.2) is 0 Å². The second-order valence-corrected chi connectivity index (χ2v) is 9.61. The van der Waals surface area contributed by atoms with E-state index in [1.165, 1.54) is 6.08 Å². The zero-order chi connectivity index (χ0) is 17.5. The Morgan fingerprint density at radius 2 is 1.92 bits per heavy atom. The lowest BCUT2D eigenvalue weighted by molar-refractivity contribution is -0.236. The van der Waals surface area contributed by atoms with E-state index in [0.717, 1.165) is 31.3 Å². The molecule has 3 fully saturated rings. The first kappa shape index (κ1) is 16.6. The van der Waals surface area contributed by atoms with Crippen molar-refractivity contribution in [1.82, 2.24) is 0 Å². The molecule has 4 aliphatic rings. The minimum Gasteiger partial charge on any atom is -0.426 e. The molecule has 4 rings (SSSR count). The number of hydrogen-bond acceptors (Lipinski definition) is 4. The normalized spacial score (nSPS) is 52.7. The Kier molecular flexibility index (Phi) is 3.35. The number of carbonyl (C=O) groups excluding carboxylic acids is 1. The zero-order valence-corrected chi connectivity index (χ0v) is 15.2. The molecule has 4 nitrogen and oxygen atoms in total. The van der Waals surface area contributed by atoms with Crippen molar-refractivity contribution in [3.8, 4) is 0 Å². The van der Waals surface area contributed by atoms with E-state index in [4.69, 9.17) is 4.74 Å². The van der Waals surface area contributed by atoms with Gasteiger partial charge in [-0.3, -0.25) is 0 Å². The summed E-state index contributed by atoms with van der Waals surface area (Å²) in [6.07, 6.45) is 5.67. The van der Waals surface area contributed by atoms with E-state index >= 15 is 0 Å². The minimum absolute atomic E-state index is 0.121. The largest absolute Gasteiger partial charge is 0.426 e. The first-order valence-electron chi connectivity index (χ1n) is 9.45. The van der Waals surface area contributed by atoms with E-state index in [1.54, 1.807) is 0 Å². The summed E-state index contributed by atoms with van der Waals surface area (Å²) in [5.74, 6) is -0.748. The Morgan fingerprint density at radius 1 is 1.21 bits per heavy atom. The molecule has 1 aliphatic heterocycles. The fourth-order valence-corrected chi connectivity index (χ4v) is 6.94. The average molecular weight is 334 g/mol. The lowest BCUT2D eigenvalue weighted by Crippen LogP contribution is -2.62. The number of carbonyl (C=O) groups is 1. The van der Waals surface area contributed by atoms with Crippen LogP contribution in [0.5, 0.6) is 0 Å². The molecule has 0 aromatic carbocycles. The topological polar surface area (TPSA) is 66.8 Å². The molecule has 1 heterocycles. The summed E-state index contributed by atoms with van der Waals surface area (Å²) in [4.78, 5) is 11.8. The zero-order valence-electron chi connectivity index (χ0n) is 15.2. The smallest absolute Gasteiger partial charge is 0.333 e. The number of rotatable bonds is 0. The molecule has 3 aliphatic carbocycles. The number of ether oxygens (including phenoxy) is 1. The monoisotopic (exact) mass is 334 g/mol. The molecule has 134 valence electrons. The Morgan fingerprint density at radius 3 is 2.62 bits per heavy atom. The molecule has 3 saturated carbocycles. The van der Waals surface area contributed by atoms with Gasteiger partial charge in [-0.2, -0.15) is 0 Å². The molecule has 0 aromatic heterocycles. The maximum Gasteiger partial charge on any atom is 0.333 e. The first-order valence-corrected chi connectivity index (χ1v) is 9.45. The van der Waals surface area contributed by atoms with Crippen LogP contribution in [0.25, 0.3) is 0 Å². The lowest BCUT2D eigenvalue weighted by atomic mass is 9.42. The van der Waals surface area contributed by atoms with Crippen molar-refractivity contribution in [1.29, 1.82) is 0 Å². The van der Waals surface area contributed by atoms with Gasteiger partial charge in [0, 0.05) is 23.5 Å². The molecule has 0 radical (unpaired) electrons. The molecule has 0 aromatic rings. The van der Waals surface area contributed by atoms with Crippen molar-refractivity contribution in [2.45, 2.75) is 71.7 Å². The quantitative estimate of drug-likeness (QED) is 0.668. The summed E-state index contributed by atoms with van der Waals surface area (Å²) in [6, 6.07) is 0. The number of esters is 1. The van der Waals surface area contributed by atoms with Crippen LogP contribution < -0.4 is 0 Å². The van der Waals surface area contributed by atoms with Crippen LogP contribution in [-0.4, -0.2) is 28.1 Å². The Bertz CT molecular complexity index is 609. The van der Waals surface area contributed by atoms with Gasteiger partial charge in [0.2, 0.25) is 5.79 Å². The molecule has 0 unspecified atom stereocenters. The third-order valence-electron chi connectivity index (χ3n) is 8.20. The van der Waals surface area contributed by atoms with Crippen LogP contribution in [0.3, 0.4) is 0 Å². The SMILES string of the molecule is C[C@@H]1C2=CC(=O)O[C@]2(O)C[C@@H]2[C@@H]1CC[C@@H]1C(C)(C)CC[C@@H](O)[C@@]21C. The van der Waals surface area contributed by atoms with Crippen molar-refractivity contribution in [2.75, 3.05) is 0 Å². The number of hydrogen-bond donors (Lipinski definition) is 2. The van der Waals surface area contributed by atoms with E-state index in [1.807, 2.05) is 0 Å². The van der Waals surface area contributed by atoms with Crippen molar-refractivity contribution < 1.29 is 19.7 Å². The lowest BCUT2D eigenvalue weighted by Gasteiger charge is -2.64. The van der Waals surface area contributed by atoms with Crippen molar-refractivity contribution in [3.63, 3.8) is 0 Å². The Hall–Kier alpha value is -0.870. The van der Waals surface area contributed by atoms with Gasteiger partial charge in [0.25, 0.3) is 0 Å². The molecule has 4 heteroatoms. The van der Waals surface area contributed by atoms with E-state index in [-0.39, 0.29) is 28.8 Å². The van der Waals surface area contributed by atoms with Crippen molar-refractivity contribution >= 4 is 5.97 Å². The summed E-state index contributed by atoms with van der Waals surface area (Å²) in [5.41, 5.74) is 0.725.